The molecule has 0 fully saturated rings. The molecule has 0 bridgehead atoms. The van der Waals surface area contributed by atoms with Gasteiger partial charge in [-0.05, 0) is 58.9 Å². The van der Waals surface area contributed by atoms with E-state index in [1.807, 2.05) is 53.4 Å². The van der Waals surface area contributed by atoms with Crippen LogP contribution in [0.15, 0.2) is 60.7 Å². The fourth-order valence-corrected chi connectivity index (χ4v) is 4.49. The molecule has 33 heavy (non-hydrogen) atoms. The van der Waals surface area contributed by atoms with Crippen LogP contribution in [0, 0.1) is 0 Å². The van der Waals surface area contributed by atoms with Crippen LogP contribution in [-0.4, -0.2) is 36.7 Å². The van der Waals surface area contributed by atoms with Crippen LogP contribution >= 0.6 is 0 Å². The molecular formula is C28H31NO4. The first kappa shape index (κ1) is 22.7. The van der Waals surface area contributed by atoms with E-state index in [9.17, 15) is 9.90 Å². The van der Waals surface area contributed by atoms with Crippen molar-refractivity contribution in [1.29, 1.82) is 0 Å². The molecule has 0 radical (unpaired) electrons. The van der Waals surface area contributed by atoms with Gasteiger partial charge in [0.25, 0.3) is 5.91 Å². The smallest absolute Gasteiger partial charge is 0.254 e. The summed E-state index contributed by atoms with van der Waals surface area (Å²) >= 11 is 0. The summed E-state index contributed by atoms with van der Waals surface area (Å²) in [6.07, 6.45) is 0.698. The molecule has 1 aliphatic rings. The lowest BCUT2D eigenvalue weighted by Gasteiger charge is -2.39. The van der Waals surface area contributed by atoms with Gasteiger partial charge in [0, 0.05) is 23.7 Å². The Morgan fingerprint density at radius 3 is 2.21 bits per heavy atom. The van der Waals surface area contributed by atoms with Crippen molar-refractivity contribution in [2.45, 2.75) is 38.6 Å². The van der Waals surface area contributed by atoms with Crippen LogP contribution < -0.4 is 9.47 Å². The number of fused-ring (bicyclic) bond motifs is 1. The number of amides is 1. The topological polar surface area (TPSA) is 59.0 Å². The first-order chi connectivity index (χ1) is 15.7. The molecule has 4 rings (SSSR count). The van der Waals surface area contributed by atoms with Crippen LogP contribution in [0.5, 0.6) is 17.2 Å². The van der Waals surface area contributed by atoms with Crippen LogP contribution in [0.3, 0.4) is 0 Å². The van der Waals surface area contributed by atoms with Crippen molar-refractivity contribution in [2.24, 2.45) is 0 Å². The third kappa shape index (κ3) is 4.40. The third-order valence-electron chi connectivity index (χ3n) is 6.33. The van der Waals surface area contributed by atoms with E-state index in [-0.39, 0.29) is 23.1 Å². The van der Waals surface area contributed by atoms with Gasteiger partial charge in [0.1, 0.15) is 17.2 Å². The Balaban J connectivity index is 1.81. The van der Waals surface area contributed by atoms with Crippen LogP contribution in [-0.2, 0) is 11.8 Å². The minimum atomic E-state index is -0.343. The Morgan fingerprint density at radius 1 is 0.970 bits per heavy atom. The monoisotopic (exact) mass is 445 g/mol. The number of aromatic hydroxyl groups is 1. The van der Waals surface area contributed by atoms with Gasteiger partial charge in [0.05, 0.1) is 20.3 Å². The normalized spacial score (nSPS) is 15.7. The summed E-state index contributed by atoms with van der Waals surface area (Å²) in [6, 6.07) is 18.5. The number of carbonyl (C=O) groups excluding carboxylic acids is 1. The highest BCUT2D eigenvalue weighted by atomic mass is 16.5. The first-order valence-electron chi connectivity index (χ1n) is 11.2. The molecule has 3 aromatic rings. The highest BCUT2D eigenvalue weighted by molar-refractivity contribution is 5.95. The van der Waals surface area contributed by atoms with Gasteiger partial charge in [-0.2, -0.15) is 0 Å². The molecule has 1 atom stereocenters. The molecule has 172 valence electrons. The maximum atomic E-state index is 13.8. The van der Waals surface area contributed by atoms with Crippen molar-refractivity contribution in [3.05, 3.63) is 88.5 Å². The standard InChI is InChI=1S/C28H31NO4/c1-28(2,3)21-10-6-19(7-11-21)27(31)29-15-14-20-16-23(32-4)17-24(33-5)25(20)26(29)18-8-12-22(30)13-9-18/h6-13,16-17,26,30H,14-15H2,1-5H3. The molecule has 0 spiro atoms. The largest absolute Gasteiger partial charge is 0.508 e. The van der Waals surface area contributed by atoms with Gasteiger partial charge in [-0.1, -0.05) is 45.0 Å². The zero-order valence-electron chi connectivity index (χ0n) is 19.9. The molecule has 5 heteroatoms. The van der Waals surface area contributed by atoms with E-state index in [0.29, 0.717) is 24.3 Å². The molecule has 0 saturated carbocycles. The van der Waals surface area contributed by atoms with Crippen molar-refractivity contribution < 1.29 is 19.4 Å². The second kappa shape index (κ2) is 8.81. The lowest BCUT2D eigenvalue weighted by molar-refractivity contribution is 0.0692. The molecule has 0 saturated heterocycles. The lowest BCUT2D eigenvalue weighted by Crippen LogP contribution is -2.40. The van der Waals surface area contributed by atoms with Gasteiger partial charge < -0.3 is 19.5 Å². The highest BCUT2D eigenvalue weighted by Crippen LogP contribution is 2.43. The Kier molecular flexibility index (Phi) is 6.07. The fraction of sp³-hybridized carbons (Fsp3) is 0.321. The lowest BCUT2D eigenvalue weighted by atomic mass is 9.85. The number of carbonyl (C=O) groups is 1. The number of benzene rings is 3. The summed E-state index contributed by atoms with van der Waals surface area (Å²) in [4.78, 5) is 15.7. The van der Waals surface area contributed by atoms with Gasteiger partial charge in [0.15, 0.2) is 0 Å². The second-order valence-corrected chi connectivity index (χ2v) is 9.47. The summed E-state index contributed by atoms with van der Waals surface area (Å²) in [5.74, 6) is 1.57. The van der Waals surface area contributed by atoms with E-state index in [0.717, 1.165) is 22.4 Å². The minimum Gasteiger partial charge on any atom is -0.508 e. The van der Waals surface area contributed by atoms with Crippen molar-refractivity contribution in [1.82, 2.24) is 4.90 Å². The Labute approximate surface area is 195 Å². The molecular weight excluding hydrogens is 414 g/mol. The fourth-order valence-electron chi connectivity index (χ4n) is 4.49. The van der Waals surface area contributed by atoms with Crippen LogP contribution in [0.4, 0.5) is 0 Å². The number of methoxy groups -OCH3 is 2. The van der Waals surface area contributed by atoms with E-state index in [2.05, 4.69) is 20.8 Å². The van der Waals surface area contributed by atoms with Gasteiger partial charge in [0.2, 0.25) is 0 Å². The highest BCUT2D eigenvalue weighted by Gasteiger charge is 2.35. The molecule has 3 aromatic carbocycles. The van der Waals surface area contributed by atoms with Crippen LogP contribution in [0.1, 0.15) is 59.4 Å². The average molecular weight is 446 g/mol. The zero-order chi connectivity index (χ0) is 23.8. The molecule has 0 aromatic heterocycles. The Bertz CT molecular complexity index is 1130. The van der Waals surface area contributed by atoms with E-state index < -0.39 is 0 Å². The zero-order valence-corrected chi connectivity index (χ0v) is 19.9. The van der Waals surface area contributed by atoms with Crippen LogP contribution in [0.25, 0.3) is 0 Å². The molecule has 0 aliphatic carbocycles. The third-order valence-corrected chi connectivity index (χ3v) is 6.33. The van der Waals surface area contributed by atoms with Gasteiger partial charge in [-0.25, -0.2) is 0 Å². The minimum absolute atomic E-state index is 0.0205. The maximum Gasteiger partial charge on any atom is 0.254 e. The Hall–Kier alpha value is -3.47. The molecule has 1 unspecified atom stereocenters. The number of rotatable bonds is 4. The molecule has 1 amide bonds. The molecule has 5 nitrogen and oxygen atoms in total. The van der Waals surface area contributed by atoms with Gasteiger partial charge in [-0.15, -0.1) is 0 Å². The van der Waals surface area contributed by atoms with Crippen molar-refractivity contribution in [3.63, 3.8) is 0 Å². The molecule has 1 heterocycles. The Morgan fingerprint density at radius 2 is 1.64 bits per heavy atom. The van der Waals surface area contributed by atoms with E-state index in [1.165, 1.54) is 5.56 Å². The maximum absolute atomic E-state index is 13.8. The van der Waals surface area contributed by atoms with E-state index in [1.54, 1.807) is 26.4 Å². The van der Waals surface area contributed by atoms with Gasteiger partial charge in [-0.3, -0.25) is 4.79 Å². The number of phenols is 1. The molecule has 1 aliphatic heterocycles. The summed E-state index contributed by atoms with van der Waals surface area (Å²) < 4.78 is 11.2. The average Bonchev–Trinajstić information content (AvgIpc) is 2.82. The number of phenolic OH excluding ortho intramolecular Hbond substituents is 1. The predicted molar refractivity (Wildman–Crippen MR) is 129 cm³/mol. The van der Waals surface area contributed by atoms with Crippen LogP contribution in [0.2, 0.25) is 0 Å². The number of nitrogens with zero attached hydrogens (tertiary/aromatic N) is 1. The SMILES string of the molecule is COc1cc2c(c(OC)c1)C(c1ccc(O)cc1)N(C(=O)c1ccc(C(C)(C)C)cc1)CC2. The second-order valence-electron chi connectivity index (χ2n) is 9.47. The number of hydrogen-bond acceptors (Lipinski definition) is 4. The number of hydrogen-bond donors (Lipinski definition) is 1. The van der Waals surface area contributed by atoms with Crippen molar-refractivity contribution in [3.8, 4) is 17.2 Å². The summed E-state index contributed by atoms with van der Waals surface area (Å²) in [5.41, 5.74) is 4.82. The van der Waals surface area contributed by atoms with E-state index >= 15 is 0 Å². The quantitative estimate of drug-likeness (QED) is 0.577. The van der Waals surface area contributed by atoms with Gasteiger partial charge >= 0.3 is 0 Å². The molecule has 1 N–H and O–H groups in total. The van der Waals surface area contributed by atoms with E-state index in [4.69, 9.17) is 9.47 Å². The number of ether oxygens (including phenoxy) is 2. The van der Waals surface area contributed by atoms with Crippen molar-refractivity contribution in [2.75, 3.05) is 20.8 Å². The summed E-state index contributed by atoms with van der Waals surface area (Å²) in [6.45, 7) is 7.04. The summed E-state index contributed by atoms with van der Waals surface area (Å²) in [5, 5.41) is 9.84. The summed E-state index contributed by atoms with van der Waals surface area (Å²) in [7, 11) is 3.27. The van der Waals surface area contributed by atoms with Crippen molar-refractivity contribution >= 4 is 5.91 Å². The predicted octanol–water partition coefficient (Wildman–Crippen LogP) is 5.49. The first-order valence-corrected chi connectivity index (χ1v) is 11.2.